The summed E-state index contributed by atoms with van der Waals surface area (Å²) in [6.45, 7) is -0.0177. The van der Waals surface area contributed by atoms with E-state index in [0.717, 1.165) is 11.3 Å². The molecule has 2 heterocycles. The molecular formula is C13H10F3N5O2S. The van der Waals surface area contributed by atoms with Crippen molar-refractivity contribution < 1.29 is 22.7 Å². The molecule has 0 radical (unpaired) electrons. The number of nitrogens with one attached hydrogen (secondary N) is 1. The van der Waals surface area contributed by atoms with Gasteiger partial charge in [-0.25, -0.2) is 0 Å². The van der Waals surface area contributed by atoms with E-state index in [1.807, 2.05) is 0 Å². The maximum absolute atomic E-state index is 12.7. The van der Waals surface area contributed by atoms with Gasteiger partial charge in [-0.05, 0) is 24.3 Å². The van der Waals surface area contributed by atoms with Crippen LogP contribution in [0.2, 0.25) is 0 Å². The highest BCUT2D eigenvalue weighted by Gasteiger charge is 2.38. The van der Waals surface area contributed by atoms with Gasteiger partial charge in [0.15, 0.2) is 0 Å². The normalized spacial score (nSPS) is 11.7. The average Bonchev–Trinajstić information content (AvgIpc) is 3.11. The molecule has 1 N–H and O–H groups in total. The van der Waals surface area contributed by atoms with Crippen LogP contribution in [-0.4, -0.2) is 32.8 Å². The van der Waals surface area contributed by atoms with E-state index in [-0.39, 0.29) is 22.4 Å². The molecule has 11 heteroatoms. The number of amides is 1. The first-order valence-corrected chi connectivity index (χ1v) is 7.40. The number of fused-ring (bicyclic) bond motifs is 1. The maximum Gasteiger partial charge on any atom is 0.453 e. The van der Waals surface area contributed by atoms with Crippen molar-refractivity contribution in [2.75, 3.05) is 7.11 Å². The quantitative estimate of drug-likeness (QED) is 0.774. The fourth-order valence-electron chi connectivity index (χ4n) is 1.91. The van der Waals surface area contributed by atoms with Gasteiger partial charge in [-0.15, -0.1) is 10.2 Å². The lowest BCUT2D eigenvalue weighted by atomic mass is 10.2. The van der Waals surface area contributed by atoms with E-state index in [9.17, 15) is 18.0 Å². The van der Waals surface area contributed by atoms with Crippen LogP contribution in [-0.2, 0) is 12.7 Å². The second-order valence-corrected chi connectivity index (χ2v) is 5.66. The summed E-state index contributed by atoms with van der Waals surface area (Å²) in [7, 11) is 1.51. The van der Waals surface area contributed by atoms with Crippen LogP contribution < -0.4 is 10.1 Å². The summed E-state index contributed by atoms with van der Waals surface area (Å²) >= 11 is 0.921. The van der Waals surface area contributed by atoms with Crippen LogP contribution in [0.4, 0.5) is 13.2 Å². The van der Waals surface area contributed by atoms with Crippen molar-refractivity contribution in [3.05, 3.63) is 40.7 Å². The van der Waals surface area contributed by atoms with Crippen LogP contribution in [0, 0.1) is 0 Å². The molecule has 126 valence electrons. The van der Waals surface area contributed by atoms with E-state index < -0.39 is 12.0 Å². The van der Waals surface area contributed by atoms with Crippen molar-refractivity contribution in [3.63, 3.8) is 0 Å². The number of hydrogen-bond donors (Lipinski definition) is 1. The zero-order valence-corrected chi connectivity index (χ0v) is 13.0. The van der Waals surface area contributed by atoms with Gasteiger partial charge < -0.3 is 10.1 Å². The lowest BCUT2D eigenvalue weighted by Crippen LogP contribution is -2.22. The summed E-state index contributed by atoms with van der Waals surface area (Å²) in [5, 5.41) is 13.2. The average molecular weight is 357 g/mol. The van der Waals surface area contributed by atoms with Gasteiger partial charge in [0, 0.05) is 5.56 Å². The summed E-state index contributed by atoms with van der Waals surface area (Å²) < 4.78 is 43.8. The van der Waals surface area contributed by atoms with Gasteiger partial charge >= 0.3 is 6.18 Å². The minimum absolute atomic E-state index is 0.0102. The summed E-state index contributed by atoms with van der Waals surface area (Å²) in [6.07, 6.45) is -4.64. The lowest BCUT2D eigenvalue weighted by molar-refractivity contribution is -0.146. The van der Waals surface area contributed by atoms with E-state index in [2.05, 4.69) is 20.6 Å². The number of benzene rings is 1. The molecule has 0 aliphatic rings. The first kappa shape index (κ1) is 16.2. The molecule has 0 spiro atoms. The van der Waals surface area contributed by atoms with Crippen LogP contribution >= 0.6 is 11.3 Å². The van der Waals surface area contributed by atoms with Crippen LogP contribution in [0.5, 0.6) is 5.75 Å². The monoisotopic (exact) mass is 357 g/mol. The molecule has 7 nitrogen and oxygen atoms in total. The van der Waals surface area contributed by atoms with E-state index in [4.69, 9.17) is 4.74 Å². The highest BCUT2D eigenvalue weighted by molar-refractivity contribution is 7.16. The van der Waals surface area contributed by atoms with Crippen LogP contribution in [0.3, 0.4) is 0 Å². The molecule has 2 aromatic heterocycles. The minimum Gasteiger partial charge on any atom is -0.497 e. The van der Waals surface area contributed by atoms with Crippen LogP contribution in [0.25, 0.3) is 4.96 Å². The Morgan fingerprint density at radius 1 is 1.29 bits per heavy atom. The van der Waals surface area contributed by atoms with Gasteiger partial charge in [0.05, 0.1) is 13.7 Å². The second kappa shape index (κ2) is 6.07. The van der Waals surface area contributed by atoms with Gasteiger partial charge in [-0.2, -0.15) is 22.8 Å². The molecule has 0 atom stereocenters. The van der Waals surface area contributed by atoms with Crippen molar-refractivity contribution in [3.8, 4) is 5.75 Å². The lowest BCUT2D eigenvalue weighted by Gasteiger charge is -2.04. The second-order valence-electron chi connectivity index (χ2n) is 4.62. The third kappa shape index (κ3) is 3.15. The zero-order valence-electron chi connectivity index (χ0n) is 12.2. The first-order valence-electron chi connectivity index (χ1n) is 6.59. The molecular weight excluding hydrogens is 347 g/mol. The molecule has 1 aromatic carbocycles. The van der Waals surface area contributed by atoms with Gasteiger partial charge in [0.25, 0.3) is 11.7 Å². The number of ether oxygens (including phenoxy) is 1. The molecule has 24 heavy (non-hydrogen) atoms. The topological polar surface area (TPSA) is 81.4 Å². The van der Waals surface area contributed by atoms with Gasteiger partial charge in [-0.1, -0.05) is 11.3 Å². The van der Waals surface area contributed by atoms with E-state index >= 15 is 0 Å². The van der Waals surface area contributed by atoms with Crippen molar-refractivity contribution >= 4 is 22.2 Å². The molecule has 0 fully saturated rings. The fourth-order valence-corrected chi connectivity index (χ4v) is 2.68. The SMILES string of the molecule is COc1ccc(C(=O)NCc2nn3c(C(F)(F)F)nnc3s2)cc1. The van der Waals surface area contributed by atoms with Gasteiger partial charge in [0.1, 0.15) is 10.8 Å². The number of rotatable bonds is 4. The third-order valence-electron chi connectivity index (χ3n) is 3.04. The van der Waals surface area contributed by atoms with Crippen molar-refractivity contribution in [2.24, 2.45) is 0 Å². The minimum atomic E-state index is -4.64. The van der Waals surface area contributed by atoms with Crippen LogP contribution in [0.1, 0.15) is 21.2 Å². The number of carbonyl (C=O) groups is 1. The third-order valence-corrected chi connectivity index (χ3v) is 3.94. The van der Waals surface area contributed by atoms with E-state index in [1.165, 1.54) is 7.11 Å². The number of nitrogens with zero attached hydrogens (tertiary/aromatic N) is 4. The number of methoxy groups -OCH3 is 1. The molecule has 3 aromatic rings. The number of carbonyl (C=O) groups excluding carboxylic acids is 1. The van der Waals surface area contributed by atoms with Crippen molar-refractivity contribution in [1.29, 1.82) is 0 Å². The Kier molecular flexibility index (Phi) is 4.09. The molecule has 0 unspecified atom stereocenters. The van der Waals surface area contributed by atoms with Gasteiger partial charge in [-0.3, -0.25) is 4.79 Å². The first-order chi connectivity index (χ1) is 11.4. The van der Waals surface area contributed by atoms with Crippen molar-refractivity contribution in [1.82, 2.24) is 25.1 Å². The number of hydrogen-bond acceptors (Lipinski definition) is 6. The highest BCUT2D eigenvalue weighted by atomic mass is 32.1. The number of halogens is 3. The molecule has 0 aliphatic carbocycles. The maximum atomic E-state index is 12.7. The number of alkyl halides is 3. The summed E-state index contributed by atoms with van der Waals surface area (Å²) in [6, 6.07) is 6.42. The summed E-state index contributed by atoms with van der Waals surface area (Å²) in [4.78, 5) is 12.0. The summed E-state index contributed by atoms with van der Waals surface area (Å²) in [5.41, 5.74) is 0.398. The zero-order chi connectivity index (χ0) is 17.3. The smallest absolute Gasteiger partial charge is 0.453 e. The van der Waals surface area contributed by atoms with E-state index in [1.54, 1.807) is 24.3 Å². The molecule has 0 saturated carbocycles. The fraction of sp³-hybridized carbons (Fsp3) is 0.231. The Bertz CT molecular complexity index is 872. The standard InChI is InChI=1S/C13H10F3N5O2S/c1-23-8-4-2-7(3-5-8)10(22)17-6-9-20-21-11(13(14,15)16)18-19-12(21)24-9/h2-5H,6H2,1H3,(H,17,22). The largest absolute Gasteiger partial charge is 0.497 e. The van der Waals surface area contributed by atoms with Crippen molar-refractivity contribution in [2.45, 2.75) is 12.7 Å². The predicted octanol–water partition coefficient (Wildman–Crippen LogP) is 2.14. The molecule has 1 amide bonds. The summed E-state index contributed by atoms with van der Waals surface area (Å²) in [5.74, 6) is -0.957. The Morgan fingerprint density at radius 2 is 2.00 bits per heavy atom. The molecule has 0 aliphatic heterocycles. The molecule has 0 bridgehead atoms. The van der Waals surface area contributed by atoms with E-state index in [0.29, 0.717) is 15.8 Å². The Morgan fingerprint density at radius 3 is 2.62 bits per heavy atom. The predicted molar refractivity (Wildman–Crippen MR) is 77.8 cm³/mol. The Labute approximate surface area is 137 Å². The number of aromatic nitrogens is 4. The molecule has 3 rings (SSSR count). The Balaban J connectivity index is 1.71. The highest BCUT2D eigenvalue weighted by Crippen LogP contribution is 2.28. The Hall–Kier alpha value is -2.69. The van der Waals surface area contributed by atoms with Gasteiger partial charge in [0.2, 0.25) is 4.96 Å². The van der Waals surface area contributed by atoms with Crippen LogP contribution in [0.15, 0.2) is 24.3 Å². The molecule has 0 saturated heterocycles.